The number of likely N-dealkylation sites (tertiary alicyclic amines) is 1. The summed E-state index contributed by atoms with van der Waals surface area (Å²) in [6.07, 6.45) is 6.03. The molecule has 3 heteroatoms. The van der Waals surface area contributed by atoms with E-state index >= 15 is 0 Å². The Morgan fingerprint density at radius 2 is 1.18 bits per heavy atom. The quantitative estimate of drug-likeness (QED) is 0.299. The molecule has 0 bridgehead atoms. The maximum Gasteiger partial charge on any atom is 0.161 e. The number of carbonyl (C=O) groups excluding carboxylic acids is 1. The lowest BCUT2D eigenvalue weighted by atomic mass is 9.74. The molecule has 33 heavy (non-hydrogen) atoms. The summed E-state index contributed by atoms with van der Waals surface area (Å²) in [6, 6.07) is 35.8. The summed E-state index contributed by atoms with van der Waals surface area (Å²) >= 11 is 0. The fourth-order valence-corrected chi connectivity index (χ4v) is 4.93. The van der Waals surface area contributed by atoms with Crippen LogP contribution in [-0.2, 0) is 10.3 Å². The molecule has 0 atom stereocenters. The van der Waals surface area contributed by atoms with Crippen LogP contribution in [0, 0.1) is 0 Å². The van der Waals surface area contributed by atoms with Gasteiger partial charge >= 0.3 is 0 Å². The predicted octanol–water partition coefficient (Wildman–Crippen LogP) is 5.73. The minimum atomic E-state index is -0.512. The molecule has 1 saturated heterocycles. The van der Waals surface area contributed by atoms with Gasteiger partial charge in [-0.15, -0.1) is 0 Å². The standard InChI is InChI=1S/C30H26N2O/c33-29-18-21-32(23-25(29)22-24-16-19-31-20-17-24)30(26-10-4-1-5-11-26,27-12-6-2-7-13-27)28-14-8-3-9-15-28/h1-17,19-20,22H,18,21,23H2. The summed E-state index contributed by atoms with van der Waals surface area (Å²) in [5.41, 5.74) is 4.90. The van der Waals surface area contributed by atoms with Gasteiger partial charge in [0.25, 0.3) is 0 Å². The third kappa shape index (κ3) is 4.04. The Hall–Kier alpha value is -3.82. The van der Waals surface area contributed by atoms with Crippen molar-refractivity contribution in [3.8, 4) is 0 Å². The van der Waals surface area contributed by atoms with Crippen molar-refractivity contribution in [2.75, 3.05) is 13.1 Å². The molecule has 3 nitrogen and oxygen atoms in total. The van der Waals surface area contributed by atoms with Gasteiger partial charge in [-0.1, -0.05) is 91.0 Å². The number of ketones is 1. The van der Waals surface area contributed by atoms with Crippen LogP contribution in [0.4, 0.5) is 0 Å². The molecule has 1 aliphatic heterocycles. The van der Waals surface area contributed by atoms with E-state index in [1.807, 2.05) is 18.2 Å². The van der Waals surface area contributed by atoms with Crippen molar-refractivity contribution in [3.63, 3.8) is 0 Å². The molecule has 0 amide bonds. The molecule has 0 aliphatic carbocycles. The number of Topliss-reactive ketones (excluding diaryl/α,β-unsaturated/α-hetero) is 1. The van der Waals surface area contributed by atoms with Crippen molar-refractivity contribution in [1.29, 1.82) is 0 Å². The lowest BCUT2D eigenvalue weighted by Gasteiger charge is -2.47. The van der Waals surface area contributed by atoms with Gasteiger partial charge in [-0.3, -0.25) is 14.7 Å². The second-order valence-corrected chi connectivity index (χ2v) is 8.35. The Kier molecular flexibility index (Phi) is 5.97. The Morgan fingerprint density at radius 3 is 1.67 bits per heavy atom. The number of benzene rings is 3. The highest BCUT2D eigenvalue weighted by atomic mass is 16.1. The number of pyridine rings is 1. The first kappa shape index (κ1) is 21.0. The van der Waals surface area contributed by atoms with Crippen LogP contribution in [0.3, 0.4) is 0 Å². The molecule has 0 N–H and O–H groups in total. The first-order valence-electron chi connectivity index (χ1n) is 11.3. The lowest BCUT2D eigenvalue weighted by molar-refractivity contribution is -0.117. The Balaban J connectivity index is 1.71. The zero-order valence-corrected chi connectivity index (χ0v) is 18.5. The van der Waals surface area contributed by atoms with E-state index in [1.54, 1.807) is 12.4 Å². The van der Waals surface area contributed by atoms with E-state index in [9.17, 15) is 4.79 Å². The Morgan fingerprint density at radius 1 is 0.697 bits per heavy atom. The van der Waals surface area contributed by atoms with Crippen molar-refractivity contribution in [2.45, 2.75) is 12.0 Å². The fourth-order valence-electron chi connectivity index (χ4n) is 4.93. The summed E-state index contributed by atoms with van der Waals surface area (Å²) in [4.78, 5) is 19.5. The van der Waals surface area contributed by atoms with Gasteiger partial charge in [-0.25, -0.2) is 0 Å². The number of rotatable bonds is 5. The van der Waals surface area contributed by atoms with Crippen molar-refractivity contribution in [2.24, 2.45) is 0 Å². The minimum absolute atomic E-state index is 0.214. The summed E-state index contributed by atoms with van der Waals surface area (Å²) < 4.78 is 0. The van der Waals surface area contributed by atoms with Gasteiger partial charge in [0.2, 0.25) is 0 Å². The van der Waals surface area contributed by atoms with Crippen molar-refractivity contribution in [3.05, 3.63) is 143 Å². The second-order valence-electron chi connectivity index (χ2n) is 8.35. The number of hydrogen-bond acceptors (Lipinski definition) is 3. The van der Waals surface area contributed by atoms with Gasteiger partial charge < -0.3 is 0 Å². The van der Waals surface area contributed by atoms with Gasteiger partial charge in [0, 0.05) is 37.5 Å². The average molecular weight is 431 g/mol. The van der Waals surface area contributed by atoms with Crippen molar-refractivity contribution in [1.82, 2.24) is 9.88 Å². The van der Waals surface area contributed by atoms with E-state index in [-0.39, 0.29) is 5.78 Å². The molecule has 3 aromatic carbocycles. The average Bonchev–Trinajstić information content (AvgIpc) is 2.89. The van der Waals surface area contributed by atoms with E-state index in [1.165, 1.54) is 16.7 Å². The van der Waals surface area contributed by atoms with Crippen LogP contribution in [0.25, 0.3) is 6.08 Å². The highest BCUT2D eigenvalue weighted by Crippen LogP contribution is 2.43. The zero-order chi connectivity index (χ0) is 22.5. The van der Waals surface area contributed by atoms with Crippen LogP contribution in [-0.4, -0.2) is 28.8 Å². The van der Waals surface area contributed by atoms with Crippen LogP contribution in [0.1, 0.15) is 28.7 Å². The Labute approximate surface area is 195 Å². The third-order valence-electron chi connectivity index (χ3n) is 6.42. The normalized spacial score (nSPS) is 16.1. The molecular weight excluding hydrogens is 404 g/mol. The molecule has 4 aromatic rings. The molecule has 1 aliphatic rings. The molecule has 0 saturated carbocycles. The SMILES string of the molecule is O=C1CCN(C(c2ccccc2)(c2ccccc2)c2ccccc2)CC1=Cc1ccncc1. The minimum Gasteiger partial charge on any atom is -0.294 e. The van der Waals surface area contributed by atoms with Gasteiger partial charge in [0.15, 0.2) is 5.78 Å². The number of nitrogens with zero attached hydrogens (tertiary/aromatic N) is 2. The predicted molar refractivity (Wildman–Crippen MR) is 133 cm³/mol. The molecule has 1 fully saturated rings. The third-order valence-corrected chi connectivity index (χ3v) is 6.42. The largest absolute Gasteiger partial charge is 0.294 e. The number of hydrogen-bond donors (Lipinski definition) is 0. The molecule has 2 heterocycles. The van der Waals surface area contributed by atoms with E-state index in [0.29, 0.717) is 19.5 Å². The van der Waals surface area contributed by atoms with E-state index in [4.69, 9.17) is 0 Å². The van der Waals surface area contributed by atoms with Gasteiger partial charge in [-0.2, -0.15) is 0 Å². The van der Waals surface area contributed by atoms with E-state index in [0.717, 1.165) is 11.1 Å². The van der Waals surface area contributed by atoms with Crippen LogP contribution < -0.4 is 0 Å². The smallest absolute Gasteiger partial charge is 0.161 e. The number of carbonyl (C=O) groups is 1. The molecule has 0 radical (unpaired) electrons. The fraction of sp³-hybridized carbons (Fsp3) is 0.133. The first-order chi connectivity index (χ1) is 16.3. The molecule has 162 valence electrons. The zero-order valence-electron chi connectivity index (χ0n) is 18.5. The highest BCUT2D eigenvalue weighted by Gasteiger charge is 2.44. The molecule has 1 aromatic heterocycles. The maximum atomic E-state index is 13.0. The molecule has 5 rings (SSSR count). The van der Waals surface area contributed by atoms with Crippen LogP contribution in [0.15, 0.2) is 121 Å². The van der Waals surface area contributed by atoms with Crippen LogP contribution in [0.5, 0.6) is 0 Å². The van der Waals surface area contributed by atoms with Crippen LogP contribution >= 0.6 is 0 Å². The Bertz CT molecular complexity index is 1140. The number of piperidine rings is 1. The molecular formula is C30H26N2O. The monoisotopic (exact) mass is 430 g/mol. The highest BCUT2D eigenvalue weighted by molar-refractivity contribution is 6.00. The topological polar surface area (TPSA) is 33.2 Å². The van der Waals surface area contributed by atoms with Gasteiger partial charge in [0.1, 0.15) is 0 Å². The van der Waals surface area contributed by atoms with Crippen molar-refractivity contribution < 1.29 is 4.79 Å². The van der Waals surface area contributed by atoms with Gasteiger partial charge in [0.05, 0.1) is 5.54 Å². The summed E-state index contributed by atoms with van der Waals surface area (Å²) in [6.45, 7) is 1.26. The van der Waals surface area contributed by atoms with Crippen molar-refractivity contribution >= 4 is 11.9 Å². The summed E-state index contributed by atoms with van der Waals surface area (Å²) in [5, 5.41) is 0. The molecule has 0 spiro atoms. The maximum absolute atomic E-state index is 13.0. The second kappa shape index (κ2) is 9.35. The van der Waals surface area contributed by atoms with Crippen LogP contribution in [0.2, 0.25) is 0 Å². The molecule has 0 unspecified atom stereocenters. The van der Waals surface area contributed by atoms with Gasteiger partial charge in [-0.05, 0) is 40.5 Å². The lowest BCUT2D eigenvalue weighted by Crippen LogP contribution is -2.52. The first-order valence-corrected chi connectivity index (χ1v) is 11.3. The number of aromatic nitrogens is 1. The van der Waals surface area contributed by atoms with E-state index < -0.39 is 5.54 Å². The summed E-state index contributed by atoms with van der Waals surface area (Å²) in [7, 11) is 0. The summed E-state index contributed by atoms with van der Waals surface area (Å²) in [5.74, 6) is 0.214. The van der Waals surface area contributed by atoms with E-state index in [2.05, 4.69) is 101 Å².